The predicted molar refractivity (Wildman–Crippen MR) is 77.0 cm³/mol. The summed E-state index contributed by atoms with van der Waals surface area (Å²) >= 11 is 0. The minimum Gasteiger partial charge on any atom is -0.481 e. The highest BCUT2D eigenvalue weighted by Crippen LogP contribution is 2.39. The van der Waals surface area contributed by atoms with Gasteiger partial charge >= 0.3 is 5.97 Å². The van der Waals surface area contributed by atoms with Crippen LogP contribution < -0.4 is 0 Å². The van der Waals surface area contributed by atoms with E-state index in [0.29, 0.717) is 31.1 Å². The maximum Gasteiger partial charge on any atom is 0.309 e. The summed E-state index contributed by atoms with van der Waals surface area (Å²) in [6.07, 6.45) is 6.81. The van der Waals surface area contributed by atoms with Gasteiger partial charge in [0.1, 0.15) is 0 Å². The normalized spacial score (nSPS) is 30.1. The summed E-state index contributed by atoms with van der Waals surface area (Å²) in [4.78, 5) is 11.5. The van der Waals surface area contributed by atoms with Crippen LogP contribution in [0.3, 0.4) is 0 Å². The Labute approximate surface area is 117 Å². The Kier molecular flexibility index (Phi) is 6.31. The van der Waals surface area contributed by atoms with Crippen molar-refractivity contribution in [3.05, 3.63) is 0 Å². The molecule has 3 unspecified atom stereocenters. The Balaban J connectivity index is 2.73. The van der Waals surface area contributed by atoms with Gasteiger partial charge in [0, 0.05) is 0 Å². The molecule has 0 saturated heterocycles. The number of carboxylic acids is 1. The van der Waals surface area contributed by atoms with Crippen LogP contribution in [0.25, 0.3) is 0 Å². The van der Waals surface area contributed by atoms with Crippen molar-refractivity contribution in [2.45, 2.75) is 77.7 Å². The predicted octanol–water partition coefficient (Wildman–Crippen LogP) is 3.84. The molecule has 1 aliphatic carbocycles. The van der Waals surface area contributed by atoms with Crippen LogP contribution in [0, 0.1) is 17.8 Å². The van der Waals surface area contributed by atoms with Gasteiger partial charge in [-0.1, -0.05) is 46.5 Å². The van der Waals surface area contributed by atoms with Crippen LogP contribution in [0.4, 0.5) is 0 Å². The molecule has 3 heteroatoms. The molecule has 0 amide bonds. The van der Waals surface area contributed by atoms with E-state index < -0.39 is 17.5 Å². The summed E-state index contributed by atoms with van der Waals surface area (Å²) in [7, 11) is 0. The molecule has 0 aliphatic heterocycles. The number of rotatable bonds is 6. The second-order valence-corrected chi connectivity index (χ2v) is 6.57. The number of aliphatic carboxylic acids is 1. The summed E-state index contributed by atoms with van der Waals surface area (Å²) < 4.78 is 0. The lowest BCUT2D eigenvalue weighted by Crippen LogP contribution is -2.42. The molecule has 0 heterocycles. The van der Waals surface area contributed by atoms with E-state index in [1.54, 1.807) is 0 Å². The SMILES string of the molecule is CCCCC(C(=O)O)C1(O)CCCC(C(C)C)CC1. The quantitative estimate of drug-likeness (QED) is 0.721. The van der Waals surface area contributed by atoms with E-state index in [9.17, 15) is 15.0 Å². The molecule has 0 radical (unpaired) electrons. The first-order chi connectivity index (χ1) is 8.90. The van der Waals surface area contributed by atoms with Gasteiger partial charge in [0.05, 0.1) is 11.5 Å². The van der Waals surface area contributed by atoms with Gasteiger partial charge in [-0.25, -0.2) is 0 Å². The third kappa shape index (κ3) is 4.48. The summed E-state index contributed by atoms with van der Waals surface area (Å²) in [5.74, 6) is -0.145. The molecule has 1 rings (SSSR count). The fourth-order valence-electron chi connectivity index (χ4n) is 3.42. The number of unbranched alkanes of at least 4 members (excludes halogenated alkanes) is 1. The van der Waals surface area contributed by atoms with E-state index in [1.165, 1.54) is 0 Å². The number of hydrogen-bond donors (Lipinski definition) is 2. The third-order valence-corrected chi connectivity index (χ3v) is 4.87. The second-order valence-electron chi connectivity index (χ2n) is 6.57. The zero-order chi connectivity index (χ0) is 14.5. The molecular weight excluding hydrogens is 240 g/mol. The molecule has 3 atom stereocenters. The van der Waals surface area contributed by atoms with E-state index in [2.05, 4.69) is 20.8 Å². The van der Waals surface area contributed by atoms with Crippen molar-refractivity contribution in [2.75, 3.05) is 0 Å². The highest BCUT2D eigenvalue weighted by Gasteiger charge is 2.42. The second kappa shape index (κ2) is 7.28. The highest BCUT2D eigenvalue weighted by atomic mass is 16.4. The van der Waals surface area contributed by atoms with E-state index in [4.69, 9.17) is 0 Å². The van der Waals surface area contributed by atoms with Crippen molar-refractivity contribution < 1.29 is 15.0 Å². The maximum atomic E-state index is 11.5. The molecule has 0 bridgehead atoms. The fourth-order valence-corrected chi connectivity index (χ4v) is 3.42. The maximum absolute atomic E-state index is 11.5. The molecule has 0 aromatic heterocycles. The van der Waals surface area contributed by atoms with E-state index >= 15 is 0 Å². The number of carboxylic acid groups (broad SMARTS) is 1. The summed E-state index contributed by atoms with van der Waals surface area (Å²) in [6, 6.07) is 0. The molecule has 2 N–H and O–H groups in total. The van der Waals surface area contributed by atoms with Crippen molar-refractivity contribution in [3.8, 4) is 0 Å². The van der Waals surface area contributed by atoms with Crippen LogP contribution in [0.1, 0.15) is 72.1 Å². The molecule has 1 aliphatic rings. The lowest BCUT2D eigenvalue weighted by atomic mass is 9.78. The lowest BCUT2D eigenvalue weighted by molar-refractivity contribution is -0.154. The standard InChI is InChI=1S/C16H30O3/c1-4-5-8-14(15(17)18)16(19)10-6-7-13(9-11-16)12(2)3/h12-14,19H,4-11H2,1-3H3,(H,17,18). The Hall–Kier alpha value is -0.570. The van der Waals surface area contributed by atoms with Gasteiger partial charge in [0.15, 0.2) is 0 Å². The molecule has 0 aromatic rings. The summed E-state index contributed by atoms with van der Waals surface area (Å²) in [6.45, 7) is 6.51. The van der Waals surface area contributed by atoms with E-state index in [-0.39, 0.29) is 0 Å². The van der Waals surface area contributed by atoms with Crippen molar-refractivity contribution in [3.63, 3.8) is 0 Å². The Morgan fingerprint density at radius 1 is 1.32 bits per heavy atom. The highest BCUT2D eigenvalue weighted by molar-refractivity contribution is 5.71. The van der Waals surface area contributed by atoms with Crippen LogP contribution in [-0.4, -0.2) is 21.8 Å². The largest absolute Gasteiger partial charge is 0.481 e. The van der Waals surface area contributed by atoms with Gasteiger partial charge in [0.25, 0.3) is 0 Å². The smallest absolute Gasteiger partial charge is 0.309 e. The summed E-state index contributed by atoms with van der Waals surface area (Å²) in [5, 5.41) is 20.3. The Morgan fingerprint density at radius 3 is 2.53 bits per heavy atom. The van der Waals surface area contributed by atoms with Crippen molar-refractivity contribution in [1.29, 1.82) is 0 Å². The van der Waals surface area contributed by atoms with Gasteiger partial charge in [-0.05, 0) is 37.5 Å². The molecule has 1 fully saturated rings. The Morgan fingerprint density at radius 2 is 2.00 bits per heavy atom. The zero-order valence-electron chi connectivity index (χ0n) is 12.7. The topological polar surface area (TPSA) is 57.5 Å². The van der Waals surface area contributed by atoms with Gasteiger partial charge in [-0.15, -0.1) is 0 Å². The molecule has 0 spiro atoms. The van der Waals surface area contributed by atoms with Gasteiger partial charge in [0.2, 0.25) is 0 Å². The average Bonchev–Trinajstić information content (AvgIpc) is 2.52. The molecule has 112 valence electrons. The third-order valence-electron chi connectivity index (χ3n) is 4.87. The number of hydrogen-bond acceptors (Lipinski definition) is 2. The van der Waals surface area contributed by atoms with Crippen LogP contribution in [0.15, 0.2) is 0 Å². The fraction of sp³-hybridized carbons (Fsp3) is 0.938. The monoisotopic (exact) mass is 270 g/mol. The van der Waals surface area contributed by atoms with Crippen molar-refractivity contribution in [2.24, 2.45) is 17.8 Å². The van der Waals surface area contributed by atoms with Gasteiger partial charge < -0.3 is 10.2 Å². The molecule has 3 nitrogen and oxygen atoms in total. The van der Waals surface area contributed by atoms with E-state index in [0.717, 1.165) is 32.1 Å². The van der Waals surface area contributed by atoms with E-state index in [1.807, 2.05) is 0 Å². The molecular formula is C16H30O3. The zero-order valence-corrected chi connectivity index (χ0v) is 12.7. The average molecular weight is 270 g/mol. The van der Waals surface area contributed by atoms with Crippen LogP contribution in [0.2, 0.25) is 0 Å². The minimum atomic E-state index is -0.982. The first-order valence-electron chi connectivity index (χ1n) is 7.86. The number of carbonyl (C=O) groups is 1. The van der Waals surface area contributed by atoms with Crippen LogP contribution >= 0.6 is 0 Å². The minimum absolute atomic E-state index is 0.585. The molecule has 1 saturated carbocycles. The number of aliphatic hydroxyl groups is 1. The first kappa shape index (κ1) is 16.5. The molecule has 19 heavy (non-hydrogen) atoms. The summed E-state index contributed by atoms with van der Waals surface area (Å²) in [5.41, 5.74) is -0.982. The van der Waals surface area contributed by atoms with Crippen LogP contribution in [0.5, 0.6) is 0 Å². The van der Waals surface area contributed by atoms with Crippen molar-refractivity contribution in [1.82, 2.24) is 0 Å². The lowest BCUT2D eigenvalue weighted by Gasteiger charge is -2.33. The van der Waals surface area contributed by atoms with Gasteiger partial charge in [-0.3, -0.25) is 4.79 Å². The van der Waals surface area contributed by atoms with Crippen molar-refractivity contribution >= 4 is 5.97 Å². The Bertz CT molecular complexity index is 288. The van der Waals surface area contributed by atoms with Gasteiger partial charge in [-0.2, -0.15) is 0 Å². The van der Waals surface area contributed by atoms with Crippen LogP contribution in [-0.2, 0) is 4.79 Å². The molecule has 0 aromatic carbocycles. The first-order valence-corrected chi connectivity index (χ1v) is 7.86.